The van der Waals surface area contributed by atoms with Gasteiger partial charge in [0.2, 0.25) is 0 Å². The van der Waals surface area contributed by atoms with E-state index in [1.165, 1.54) is 11.8 Å². The summed E-state index contributed by atoms with van der Waals surface area (Å²) in [5, 5.41) is -0.223. The lowest BCUT2D eigenvalue weighted by molar-refractivity contribution is -0.144. The van der Waals surface area contributed by atoms with Crippen LogP contribution in [0.4, 0.5) is 0 Å². The average molecular weight is 276 g/mol. The molecule has 1 rings (SSSR count). The largest absolute Gasteiger partial charge is 0.460 e. The molecule has 3 heteroatoms. The first-order valence-electron chi connectivity index (χ1n) is 6.24. The molecular weight excluding hydrogens is 256 g/mol. The van der Waals surface area contributed by atoms with Gasteiger partial charge in [-0.25, -0.2) is 0 Å². The van der Waals surface area contributed by atoms with Crippen LogP contribution in [0.25, 0.3) is 0 Å². The molecule has 0 saturated carbocycles. The molecule has 0 saturated heterocycles. The molecule has 0 amide bonds. The Kier molecular flexibility index (Phi) is 7.04. The van der Waals surface area contributed by atoms with Gasteiger partial charge in [0.05, 0.1) is 0 Å². The van der Waals surface area contributed by atoms with E-state index in [0.717, 1.165) is 11.3 Å². The van der Waals surface area contributed by atoms with Gasteiger partial charge in [-0.3, -0.25) is 4.79 Å². The van der Waals surface area contributed by atoms with Gasteiger partial charge in [-0.15, -0.1) is 24.9 Å². The van der Waals surface area contributed by atoms with E-state index in [1.54, 1.807) is 12.2 Å². The first-order chi connectivity index (χ1) is 9.19. The van der Waals surface area contributed by atoms with Crippen LogP contribution in [0.3, 0.4) is 0 Å². The van der Waals surface area contributed by atoms with Crippen molar-refractivity contribution in [1.29, 1.82) is 0 Å². The Morgan fingerprint density at radius 2 is 2.05 bits per heavy atom. The smallest absolute Gasteiger partial charge is 0.319 e. The Labute approximate surface area is 119 Å². The van der Waals surface area contributed by atoms with Crippen molar-refractivity contribution in [2.75, 3.05) is 5.75 Å². The van der Waals surface area contributed by atoms with Crippen LogP contribution in [-0.4, -0.2) is 17.0 Å². The molecule has 0 fully saturated rings. The third kappa shape index (κ3) is 5.35. The molecule has 0 heterocycles. The molecule has 0 bridgehead atoms. The Bertz CT molecular complexity index is 414. The van der Waals surface area contributed by atoms with Crippen molar-refractivity contribution in [2.45, 2.75) is 18.8 Å². The summed E-state index contributed by atoms with van der Waals surface area (Å²) in [7, 11) is 0. The summed E-state index contributed by atoms with van der Waals surface area (Å²) in [4.78, 5) is 12.1. The van der Waals surface area contributed by atoms with E-state index >= 15 is 0 Å². The molecule has 0 aliphatic heterocycles. The van der Waals surface area contributed by atoms with Gasteiger partial charge in [0.25, 0.3) is 0 Å². The molecule has 0 N–H and O–H groups in total. The molecule has 0 aromatic heterocycles. The van der Waals surface area contributed by atoms with Gasteiger partial charge in [-0.1, -0.05) is 49.4 Å². The first kappa shape index (κ1) is 15.6. The van der Waals surface area contributed by atoms with Gasteiger partial charge in [-0.05, 0) is 11.5 Å². The van der Waals surface area contributed by atoms with Gasteiger partial charge >= 0.3 is 5.97 Å². The minimum atomic E-state index is -0.223. The molecule has 2 atom stereocenters. The predicted molar refractivity (Wildman–Crippen MR) is 82.0 cm³/mol. The van der Waals surface area contributed by atoms with Gasteiger partial charge in [0.1, 0.15) is 11.9 Å². The molecule has 0 aliphatic rings. The Balaban J connectivity index is 2.56. The van der Waals surface area contributed by atoms with Crippen molar-refractivity contribution in [2.24, 2.45) is 5.92 Å². The van der Waals surface area contributed by atoms with E-state index in [0.29, 0.717) is 6.61 Å². The minimum absolute atomic E-state index is 0.0771. The van der Waals surface area contributed by atoms with Crippen LogP contribution in [0.2, 0.25) is 0 Å². The van der Waals surface area contributed by atoms with E-state index in [4.69, 9.17) is 4.74 Å². The van der Waals surface area contributed by atoms with Crippen LogP contribution >= 0.6 is 11.8 Å². The number of carbonyl (C=O) groups excluding carboxylic acids is 1. The maximum Gasteiger partial charge on any atom is 0.319 e. The number of hydrogen-bond acceptors (Lipinski definition) is 3. The summed E-state index contributed by atoms with van der Waals surface area (Å²) in [5.41, 5.74) is 0.995. The van der Waals surface area contributed by atoms with Crippen LogP contribution in [0.15, 0.2) is 55.6 Å². The van der Waals surface area contributed by atoms with Crippen molar-refractivity contribution in [1.82, 2.24) is 0 Å². The average Bonchev–Trinajstić information content (AvgIpc) is 2.46. The van der Waals surface area contributed by atoms with Crippen molar-refractivity contribution >= 4 is 17.7 Å². The fourth-order valence-electron chi connectivity index (χ4n) is 1.54. The molecule has 2 nitrogen and oxygen atoms in total. The van der Waals surface area contributed by atoms with E-state index in [2.05, 4.69) is 13.2 Å². The SMILES string of the molecule is C=CCSC(C(=O)OCc1ccccc1)C(C)C=C. The normalized spacial score (nSPS) is 13.3. The quantitative estimate of drug-likeness (QED) is 0.533. The lowest BCUT2D eigenvalue weighted by atomic mass is 10.1. The second-order valence-corrected chi connectivity index (χ2v) is 5.41. The molecule has 0 spiro atoms. The number of rotatable bonds is 8. The lowest BCUT2D eigenvalue weighted by Gasteiger charge is -2.18. The topological polar surface area (TPSA) is 26.3 Å². The highest BCUT2D eigenvalue weighted by molar-refractivity contribution is 8.00. The molecule has 0 radical (unpaired) electrons. The molecule has 19 heavy (non-hydrogen) atoms. The highest BCUT2D eigenvalue weighted by atomic mass is 32.2. The van der Waals surface area contributed by atoms with E-state index in [9.17, 15) is 4.79 Å². The fourth-order valence-corrected chi connectivity index (χ4v) is 2.50. The molecule has 2 unspecified atom stereocenters. The number of esters is 1. The van der Waals surface area contributed by atoms with Crippen molar-refractivity contribution in [3.05, 3.63) is 61.2 Å². The summed E-state index contributed by atoms with van der Waals surface area (Å²) in [6.45, 7) is 9.70. The van der Waals surface area contributed by atoms with Gasteiger partial charge < -0.3 is 4.74 Å². The third-order valence-corrected chi connectivity index (χ3v) is 4.11. The maximum absolute atomic E-state index is 12.1. The summed E-state index contributed by atoms with van der Waals surface area (Å²) in [5.74, 6) is 0.611. The molecule has 1 aromatic carbocycles. The van der Waals surface area contributed by atoms with Crippen molar-refractivity contribution < 1.29 is 9.53 Å². The Morgan fingerprint density at radius 3 is 2.63 bits per heavy atom. The van der Waals surface area contributed by atoms with Crippen LogP contribution in [0, 0.1) is 5.92 Å². The second kappa shape index (κ2) is 8.59. The molecular formula is C16H20O2S. The monoisotopic (exact) mass is 276 g/mol. The Hall–Kier alpha value is -1.48. The summed E-state index contributed by atoms with van der Waals surface area (Å²) >= 11 is 1.53. The lowest BCUT2D eigenvalue weighted by Crippen LogP contribution is -2.26. The summed E-state index contributed by atoms with van der Waals surface area (Å²) in [6, 6.07) is 9.68. The van der Waals surface area contributed by atoms with Crippen LogP contribution < -0.4 is 0 Å². The van der Waals surface area contributed by atoms with Crippen LogP contribution in [0.5, 0.6) is 0 Å². The number of thioether (sulfide) groups is 1. The van der Waals surface area contributed by atoms with E-state index in [1.807, 2.05) is 37.3 Å². The van der Waals surface area contributed by atoms with Crippen molar-refractivity contribution in [3.8, 4) is 0 Å². The van der Waals surface area contributed by atoms with Gasteiger partial charge in [0.15, 0.2) is 0 Å². The van der Waals surface area contributed by atoms with Crippen LogP contribution in [-0.2, 0) is 16.1 Å². The zero-order valence-electron chi connectivity index (χ0n) is 11.2. The van der Waals surface area contributed by atoms with Crippen molar-refractivity contribution in [3.63, 3.8) is 0 Å². The number of benzene rings is 1. The Morgan fingerprint density at radius 1 is 1.37 bits per heavy atom. The zero-order chi connectivity index (χ0) is 14.1. The van der Waals surface area contributed by atoms with Gasteiger partial charge in [0, 0.05) is 5.75 Å². The fraction of sp³-hybridized carbons (Fsp3) is 0.312. The predicted octanol–water partition coefficient (Wildman–Crippen LogP) is 3.84. The van der Waals surface area contributed by atoms with Gasteiger partial charge in [-0.2, -0.15) is 0 Å². The maximum atomic E-state index is 12.1. The molecule has 1 aromatic rings. The minimum Gasteiger partial charge on any atom is -0.460 e. The van der Waals surface area contributed by atoms with E-state index in [-0.39, 0.29) is 17.1 Å². The standard InChI is InChI=1S/C16H20O2S/c1-4-11-19-15(13(3)5-2)16(17)18-12-14-9-7-6-8-10-14/h4-10,13,15H,1-2,11-12H2,3H3. The number of carbonyl (C=O) groups is 1. The van der Waals surface area contributed by atoms with Crippen LogP contribution in [0.1, 0.15) is 12.5 Å². The number of allylic oxidation sites excluding steroid dienone is 1. The highest BCUT2D eigenvalue weighted by Crippen LogP contribution is 2.22. The molecule has 102 valence electrons. The van der Waals surface area contributed by atoms with E-state index < -0.39 is 0 Å². The molecule has 0 aliphatic carbocycles. The second-order valence-electron chi connectivity index (χ2n) is 4.23. The number of hydrogen-bond donors (Lipinski definition) is 0. The first-order valence-corrected chi connectivity index (χ1v) is 7.29. The summed E-state index contributed by atoms with van der Waals surface area (Å²) in [6.07, 6.45) is 3.57. The third-order valence-electron chi connectivity index (χ3n) is 2.70. The summed E-state index contributed by atoms with van der Waals surface area (Å²) < 4.78 is 5.37. The number of ether oxygens (including phenoxy) is 1. The zero-order valence-corrected chi connectivity index (χ0v) is 12.1. The highest BCUT2D eigenvalue weighted by Gasteiger charge is 2.24.